The van der Waals surface area contributed by atoms with Crippen LogP contribution >= 0.6 is 11.8 Å². The van der Waals surface area contributed by atoms with Crippen molar-refractivity contribution in [2.45, 2.75) is 44.3 Å². The van der Waals surface area contributed by atoms with Crippen LogP contribution < -0.4 is 4.74 Å². The number of halogens is 1. The third-order valence-corrected chi connectivity index (χ3v) is 5.27. The van der Waals surface area contributed by atoms with Gasteiger partial charge in [-0.05, 0) is 55.0 Å². The zero-order valence-corrected chi connectivity index (χ0v) is 12.7. The van der Waals surface area contributed by atoms with Crippen LogP contribution in [0.4, 0.5) is 4.39 Å². The van der Waals surface area contributed by atoms with Crippen LogP contribution in [0.25, 0.3) is 0 Å². The summed E-state index contributed by atoms with van der Waals surface area (Å²) < 4.78 is 25.4. The maximum absolute atomic E-state index is 13.3. The summed E-state index contributed by atoms with van der Waals surface area (Å²) >= 11 is 2.01. The van der Waals surface area contributed by atoms with Gasteiger partial charge in [-0.1, -0.05) is 0 Å². The Morgan fingerprint density at radius 3 is 2.90 bits per heavy atom. The Bertz CT molecular complexity index is 466. The monoisotopic (exact) mass is 296 g/mol. The molecule has 2 aliphatic rings. The molecule has 1 unspecified atom stereocenters. The third-order valence-electron chi connectivity index (χ3n) is 4.28. The highest BCUT2D eigenvalue weighted by Crippen LogP contribution is 2.38. The minimum Gasteiger partial charge on any atom is -0.490 e. The molecule has 0 bridgehead atoms. The van der Waals surface area contributed by atoms with E-state index >= 15 is 0 Å². The molecule has 1 aromatic carbocycles. The first-order valence-corrected chi connectivity index (χ1v) is 8.47. The molecule has 0 aliphatic carbocycles. The van der Waals surface area contributed by atoms with Crippen LogP contribution in [0.5, 0.6) is 5.75 Å². The molecule has 3 rings (SSSR count). The smallest absolute Gasteiger partial charge is 0.126 e. The van der Waals surface area contributed by atoms with Gasteiger partial charge in [-0.25, -0.2) is 4.39 Å². The summed E-state index contributed by atoms with van der Waals surface area (Å²) in [6.07, 6.45) is 4.33. The van der Waals surface area contributed by atoms with Crippen molar-refractivity contribution in [3.63, 3.8) is 0 Å². The lowest BCUT2D eigenvalue weighted by molar-refractivity contribution is -0.116. The Balaban J connectivity index is 1.66. The van der Waals surface area contributed by atoms with E-state index in [1.165, 1.54) is 17.6 Å². The van der Waals surface area contributed by atoms with Gasteiger partial charge in [-0.3, -0.25) is 0 Å². The molecule has 2 saturated heterocycles. The van der Waals surface area contributed by atoms with Gasteiger partial charge in [-0.15, -0.1) is 0 Å². The van der Waals surface area contributed by atoms with E-state index in [0.29, 0.717) is 5.56 Å². The number of rotatable bonds is 2. The summed E-state index contributed by atoms with van der Waals surface area (Å²) in [5.41, 5.74) is 0.668. The van der Waals surface area contributed by atoms with Crippen molar-refractivity contribution in [3.8, 4) is 5.75 Å². The van der Waals surface area contributed by atoms with Gasteiger partial charge in [0.1, 0.15) is 17.7 Å². The van der Waals surface area contributed by atoms with Crippen molar-refractivity contribution in [3.05, 3.63) is 29.6 Å². The Hall–Kier alpha value is -0.740. The number of benzene rings is 1. The number of hydrogen-bond donors (Lipinski definition) is 0. The normalized spacial score (nSPS) is 25.6. The molecular weight excluding hydrogens is 275 g/mol. The molecule has 0 saturated carbocycles. The molecule has 1 spiro atoms. The van der Waals surface area contributed by atoms with E-state index in [9.17, 15) is 4.39 Å². The maximum atomic E-state index is 13.3. The van der Waals surface area contributed by atoms with E-state index in [0.717, 1.165) is 38.0 Å². The average Bonchev–Trinajstić information content (AvgIpc) is 2.44. The minimum absolute atomic E-state index is 0.0310. The molecule has 2 nitrogen and oxygen atoms in total. The van der Waals surface area contributed by atoms with E-state index in [1.54, 1.807) is 19.1 Å². The summed E-state index contributed by atoms with van der Waals surface area (Å²) in [5.74, 6) is 2.96. The fourth-order valence-corrected chi connectivity index (χ4v) is 4.30. The number of aryl methyl sites for hydroxylation is 1. The van der Waals surface area contributed by atoms with Crippen LogP contribution in [0, 0.1) is 12.7 Å². The molecule has 2 fully saturated rings. The molecule has 20 heavy (non-hydrogen) atoms. The highest BCUT2D eigenvalue weighted by molar-refractivity contribution is 7.99. The molecule has 0 N–H and O–H groups in total. The van der Waals surface area contributed by atoms with Crippen LogP contribution in [-0.4, -0.2) is 29.8 Å². The van der Waals surface area contributed by atoms with Crippen LogP contribution in [-0.2, 0) is 4.74 Å². The largest absolute Gasteiger partial charge is 0.490 e. The Morgan fingerprint density at radius 1 is 1.35 bits per heavy atom. The average molecular weight is 296 g/mol. The van der Waals surface area contributed by atoms with Crippen molar-refractivity contribution < 1.29 is 13.9 Å². The first kappa shape index (κ1) is 14.2. The minimum atomic E-state index is -0.176. The summed E-state index contributed by atoms with van der Waals surface area (Å²) in [5, 5.41) is 0. The third kappa shape index (κ3) is 3.12. The predicted octanol–water partition coefficient (Wildman–Crippen LogP) is 3.96. The van der Waals surface area contributed by atoms with Crippen LogP contribution in [0.3, 0.4) is 0 Å². The van der Waals surface area contributed by atoms with E-state index in [1.807, 2.05) is 11.8 Å². The second-order valence-electron chi connectivity index (χ2n) is 5.79. The van der Waals surface area contributed by atoms with Crippen molar-refractivity contribution in [1.82, 2.24) is 0 Å². The summed E-state index contributed by atoms with van der Waals surface area (Å²) in [6, 6.07) is 4.99. The summed E-state index contributed by atoms with van der Waals surface area (Å²) in [4.78, 5) is 0. The second-order valence-corrected chi connectivity index (χ2v) is 7.01. The van der Waals surface area contributed by atoms with Gasteiger partial charge in [0, 0.05) is 12.8 Å². The topological polar surface area (TPSA) is 18.5 Å². The van der Waals surface area contributed by atoms with Gasteiger partial charge in [-0.2, -0.15) is 11.8 Å². The number of ether oxygens (including phenoxy) is 2. The molecular formula is C16H21FO2S. The number of hydrogen-bond acceptors (Lipinski definition) is 3. The molecule has 1 atom stereocenters. The molecule has 110 valence electrons. The lowest BCUT2D eigenvalue weighted by Crippen LogP contribution is -2.46. The SMILES string of the molecule is Cc1cc(OC2CCOC3(CCSCC3)C2)ccc1F. The predicted molar refractivity (Wildman–Crippen MR) is 80.0 cm³/mol. The summed E-state index contributed by atoms with van der Waals surface area (Å²) in [6.45, 7) is 2.54. The Labute approximate surface area is 124 Å². The van der Waals surface area contributed by atoms with Crippen molar-refractivity contribution in [2.24, 2.45) is 0 Å². The van der Waals surface area contributed by atoms with Crippen molar-refractivity contribution in [1.29, 1.82) is 0 Å². The van der Waals surface area contributed by atoms with Gasteiger partial charge >= 0.3 is 0 Å². The molecule has 1 aromatic rings. The Kier molecular flexibility index (Phi) is 4.22. The van der Waals surface area contributed by atoms with Gasteiger partial charge in [0.2, 0.25) is 0 Å². The standard InChI is InChI=1S/C16H21FO2S/c1-12-10-13(2-3-15(12)17)19-14-4-7-18-16(11-14)5-8-20-9-6-16/h2-3,10,14H,4-9,11H2,1H3. The van der Waals surface area contributed by atoms with Gasteiger partial charge in [0.15, 0.2) is 0 Å². The van der Waals surface area contributed by atoms with Gasteiger partial charge < -0.3 is 9.47 Å². The zero-order chi connectivity index (χ0) is 14.0. The van der Waals surface area contributed by atoms with Crippen molar-refractivity contribution >= 4 is 11.8 Å². The highest BCUT2D eigenvalue weighted by atomic mass is 32.2. The van der Waals surface area contributed by atoms with E-state index in [4.69, 9.17) is 9.47 Å². The fraction of sp³-hybridized carbons (Fsp3) is 0.625. The van der Waals surface area contributed by atoms with Crippen molar-refractivity contribution in [2.75, 3.05) is 18.1 Å². The van der Waals surface area contributed by atoms with E-state index in [2.05, 4.69) is 0 Å². The molecule has 4 heteroatoms. The quantitative estimate of drug-likeness (QED) is 0.823. The maximum Gasteiger partial charge on any atom is 0.126 e. The molecule has 0 amide bonds. The highest BCUT2D eigenvalue weighted by Gasteiger charge is 2.39. The first-order chi connectivity index (χ1) is 9.67. The molecule has 0 radical (unpaired) electrons. The fourth-order valence-electron chi connectivity index (χ4n) is 3.06. The lowest BCUT2D eigenvalue weighted by atomic mass is 9.86. The molecule has 0 aromatic heterocycles. The van der Waals surface area contributed by atoms with E-state index in [-0.39, 0.29) is 17.5 Å². The Morgan fingerprint density at radius 2 is 2.15 bits per heavy atom. The van der Waals surface area contributed by atoms with E-state index < -0.39 is 0 Å². The zero-order valence-electron chi connectivity index (χ0n) is 11.9. The lowest BCUT2D eigenvalue weighted by Gasteiger charge is -2.43. The van der Waals surface area contributed by atoms with Crippen LogP contribution in [0.2, 0.25) is 0 Å². The molecule has 2 heterocycles. The molecule has 2 aliphatic heterocycles. The van der Waals surface area contributed by atoms with Gasteiger partial charge in [0.05, 0.1) is 12.2 Å². The number of thioether (sulfide) groups is 1. The first-order valence-electron chi connectivity index (χ1n) is 7.31. The van der Waals surface area contributed by atoms with Gasteiger partial charge in [0.25, 0.3) is 0 Å². The second kappa shape index (κ2) is 5.94. The summed E-state index contributed by atoms with van der Waals surface area (Å²) in [7, 11) is 0. The van der Waals surface area contributed by atoms with Crippen LogP contribution in [0.15, 0.2) is 18.2 Å². The van der Waals surface area contributed by atoms with Crippen LogP contribution in [0.1, 0.15) is 31.2 Å².